The van der Waals surface area contributed by atoms with E-state index in [-0.39, 0.29) is 18.3 Å². The van der Waals surface area contributed by atoms with Gasteiger partial charge in [0.15, 0.2) is 0 Å². The van der Waals surface area contributed by atoms with Crippen LogP contribution in [0.25, 0.3) is 0 Å². The summed E-state index contributed by atoms with van der Waals surface area (Å²) in [4.78, 5) is 15.7. The molecule has 0 fully saturated rings. The Kier molecular flexibility index (Phi) is 6.91. The van der Waals surface area contributed by atoms with E-state index >= 15 is 0 Å². The van der Waals surface area contributed by atoms with Gasteiger partial charge in [0, 0.05) is 34.1 Å². The van der Waals surface area contributed by atoms with Crippen molar-refractivity contribution in [1.29, 1.82) is 0 Å². The molecule has 0 saturated heterocycles. The van der Waals surface area contributed by atoms with E-state index in [4.69, 9.17) is 4.52 Å². The number of amides is 1. The molecule has 0 saturated carbocycles. The Morgan fingerprint density at radius 1 is 1.25 bits per heavy atom. The quantitative estimate of drug-likeness (QED) is 0.413. The number of hydrogen-bond donors (Lipinski definition) is 0. The molecule has 7 heteroatoms. The number of rotatable bonds is 7. The van der Waals surface area contributed by atoms with Gasteiger partial charge in [-0.2, -0.15) is 0 Å². The van der Waals surface area contributed by atoms with Gasteiger partial charge in [-0.05, 0) is 44.2 Å². The first-order valence-electron chi connectivity index (χ1n) is 8.85. The first kappa shape index (κ1) is 20.6. The summed E-state index contributed by atoms with van der Waals surface area (Å²) in [5.41, 5.74) is 1.90. The van der Waals surface area contributed by atoms with Crippen molar-refractivity contribution in [3.8, 4) is 0 Å². The minimum absolute atomic E-state index is 0.126. The van der Waals surface area contributed by atoms with Crippen LogP contribution in [0.4, 0.5) is 4.39 Å². The summed E-state index contributed by atoms with van der Waals surface area (Å²) in [6, 6.07) is 14.1. The van der Waals surface area contributed by atoms with Crippen molar-refractivity contribution in [3.63, 3.8) is 0 Å². The van der Waals surface area contributed by atoms with Gasteiger partial charge in [0.25, 0.3) is 5.91 Å². The summed E-state index contributed by atoms with van der Waals surface area (Å²) in [5.74, 6) is 0.891. The number of thioether (sulfide) groups is 1. The van der Waals surface area contributed by atoms with E-state index in [1.54, 1.807) is 23.1 Å². The average Bonchev–Trinajstić information content (AvgIpc) is 3.12. The molecule has 0 aliphatic heterocycles. The second kappa shape index (κ2) is 9.39. The second-order valence-electron chi connectivity index (χ2n) is 6.27. The number of aromatic nitrogens is 1. The van der Waals surface area contributed by atoms with Gasteiger partial charge in [0.2, 0.25) is 0 Å². The predicted octanol–water partition coefficient (Wildman–Crippen LogP) is 5.84. The zero-order valence-corrected chi connectivity index (χ0v) is 18.0. The molecule has 146 valence electrons. The van der Waals surface area contributed by atoms with E-state index in [1.807, 2.05) is 38.1 Å². The Balaban J connectivity index is 1.79. The highest BCUT2D eigenvalue weighted by molar-refractivity contribution is 9.10. The SMILES string of the molecule is CCN(Cc1cc(Br)ccc1F)C(=O)c1ccccc1SCc1cc(C)no1. The van der Waals surface area contributed by atoms with Crippen LogP contribution in [0.3, 0.4) is 0 Å². The molecular formula is C21H20BrFN2O2S. The fourth-order valence-corrected chi connectivity index (χ4v) is 4.10. The lowest BCUT2D eigenvalue weighted by Crippen LogP contribution is -2.31. The number of aryl methyl sites for hydroxylation is 1. The lowest BCUT2D eigenvalue weighted by atomic mass is 10.1. The van der Waals surface area contributed by atoms with E-state index in [2.05, 4.69) is 21.1 Å². The number of halogens is 2. The molecule has 0 N–H and O–H groups in total. The second-order valence-corrected chi connectivity index (χ2v) is 8.21. The molecule has 1 aromatic heterocycles. The lowest BCUT2D eigenvalue weighted by Gasteiger charge is -2.22. The molecule has 0 aliphatic carbocycles. The zero-order chi connectivity index (χ0) is 20.1. The molecule has 1 heterocycles. The van der Waals surface area contributed by atoms with E-state index < -0.39 is 0 Å². The molecule has 28 heavy (non-hydrogen) atoms. The molecule has 3 aromatic rings. The Labute approximate surface area is 176 Å². The van der Waals surface area contributed by atoms with Crippen LogP contribution in [0.2, 0.25) is 0 Å². The third kappa shape index (κ3) is 5.02. The van der Waals surface area contributed by atoms with Gasteiger partial charge in [0.05, 0.1) is 17.0 Å². The van der Waals surface area contributed by atoms with Gasteiger partial charge < -0.3 is 9.42 Å². The summed E-state index contributed by atoms with van der Waals surface area (Å²) in [7, 11) is 0. The number of benzene rings is 2. The van der Waals surface area contributed by atoms with E-state index in [0.717, 1.165) is 20.8 Å². The minimum Gasteiger partial charge on any atom is -0.360 e. The molecule has 0 unspecified atom stereocenters. The van der Waals surface area contributed by atoms with Crippen LogP contribution >= 0.6 is 27.7 Å². The van der Waals surface area contributed by atoms with Crippen LogP contribution in [-0.4, -0.2) is 22.5 Å². The van der Waals surface area contributed by atoms with Crippen LogP contribution in [0.1, 0.15) is 34.3 Å². The van der Waals surface area contributed by atoms with Crippen molar-refractivity contribution in [2.45, 2.75) is 31.0 Å². The van der Waals surface area contributed by atoms with Gasteiger partial charge in [0.1, 0.15) is 11.6 Å². The summed E-state index contributed by atoms with van der Waals surface area (Å²) in [6.07, 6.45) is 0. The highest BCUT2D eigenvalue weighted by Gasteiger charge is 2.19. The number of carbonyl (C=O) groups is 1. The third-order valence-corrected chi connectivity index (χ3v) is 5.79. The van der Waals surface area contributed by atoms with Crippen molar-refractivity contribution >= 4 is 33.6 Å². The molecule has 3 rings (SSSR count). The highest BCUT2D eigenvalue weighted by atomic mass is 79.9. The maximum atomic E-state index is 14.1. The molecule has 0 atom stereocenters. The number of hydrogen-bond acceptors (Lipinski definition) is 4. The van der Waals surface area contributed by atoms with E-state index in [1.165, 1.54) is 17.8 Å². The molecule has 2 aromatic carbocycles. The standard InChI is InChI=1S/C21H20BrFN2O2S/c1-3-25(12-15-11-16(22)8-9-19(15)23)21(26)18-6-4-5-7-20(18)28-13-17-10-14(2)24-27-17/h4-11H,3,12-13H2,1-2H3. The smallest absolute Gasteiger partial charge is 0.255 e. The summed E-state index contributed by atoms with van der Waals surface area (Å²) < 4.78 is 20.2. The van der Waals surface area contributed by atoms with Crippen LogP contribution in [0.15, 0.2) is 62.4 Å². The van der Waals surface area contributed by atoms with Gasteiger partial charge in [-0.3, -0.25) is 4.79 Å². The fraction of sp³-hybridized carbons (Fsp3) is 0.238. The van der Waals surface area contributed by atoms with Crippen molar-refractivity contribution in [3.05, 3.63) is 81.4 Å². The van der Waals surface area contributed by atoms with Crippen LogP contribution in [-0.2, 0) is 12.3 Å². The Bertz CT molecular complexity index is 977. The Morgan fingerprint density at radius 3 is 2.75 bits per heavy atom. The minimum atomic E-state index is -0.321. The van der Waals surface area contributed by atoms with Crippen molar-refractivity contribution in [2.75, 3.05) is 6.54 Å². The zero-order valence-electron chi connectivity index (χ0n) is 15.6. The van der Waals surface area contributed by atoms with Crippen molar-refractivity contribution in [1.82, 2.24) is 10.1 Å². The maximum absolute atomic E-state index is 14.1. The molecule has 1 amide bonds. The summed E-state index contributed by atoms with van der Waals surface area (Å²) >= 11 is 4.88. The Hall–Kier alpha value is -2.12. The monoisotopic (exact) mass is 462 g/mol. The Morgan fingerprint density at radius 2 is 2.04 bits per heavy atom. The van der Waals surface area contributed by atoms with E-state index in [0.29, 0.717) is 23.4 Å². The normalized spacial score (nSPS) is 10.9. The molecule has 4 nitrogen and oxygen atoms in total. The largest absolute Gasteiger partial charge is 0.360 e. The fourth-order valence-electron chi connectivity index (χ4n) is 2.77. The molecule has 0 radical (unpaired) electrons. The van der Waals surface area contributed by atoms with E-state index in [9.17, 15) is 9.18 Å². The summed E-state index contributed by atoms with van der Waals surface area (Å²) in [6.45, 7) is 4.45. The first-order valence-corrected chi connectivity index (χ1v) is 10.6. The summed E-state index contributed by atoms with van der Waals surface area (Å²) in [5, 5.41) is 3.89. The lowest BCUT2D eigenvalue weighted by molar-refractivity contribution is 0.0747. The van der Waals surface area contributed by atoms with Gasteiger partial charge in [-0.25, -0.2) is 4.39 Å². The van der Waals surface area contributed by atoms with Crippen molar-refractivity contribution in [2.24, 2.45) is 0 Å². The number of nitrogens with zero attached hydrogens (tertiary/aromatic N) is 2. The molecule has 0 bridgehead atoms. The van der Waals surface area contributed by atoms with Crippen LogP contribution in [0.5, 0.6) is 0 Å². The van der Waals surface area contributed by atoms with Crippen LogP contribution < -0.4 is 0 Å². The molecule has 0 spiro atoms. The molecular weight excluding hydrogens is 443 g/mol. The van der Waals surface area contributed by atoms with Gasteiger partial charge in [-0.1, -0.05) is 33.2 Å². The number of carbonyl (C=O) groups excluding carboxylic acids is 1. The third-order valence-electron chi connectivity index (χ3n) is 4.20. The molecule has 0 aliphatic rings. The van der Waals surface area contributed by atoms with Crippen LogP contribution in [0, 0.1) is 12.7 Å². The first-order chi connectivity index (χ1) is 13.5. The van der Waals surface area contributed by atoms with Gasteiger partial charge >= 0.3 is 0 Å². The van der Waals surface area contributed by atoms with Gasteiger partial charge in [-0.15, -0.1) is 11.8 Å². The maximum Gasteiger partial charge on any atom is 0.255 e. The van der Waals surface area contributed by atoms with Crippen molar-refractivity contribution < 1.29 is 13.7 Å². The topological polar surface area (TPSA) is 46.3 Å². The average molecular weight is 463 g/mol. The predicted molar refractivity (Wildman–Crippen MR) is 112 cm³/mol. The highest BCUT2D eigenvalue weighted by Crippen LogP contribution is 2.28.